The first-order valence-corrected chi connectivity index (χ1v) is 7.00. The quantitative estimate of drug-likeness (QED) is 0.819. The molecule has 0 saturated carbocycles. The van der Waals surface area contributed by atoms with Crippen molar-refractivity contribution in [3.63, 3.8) is 0 Å². The van der Waals surface area contributed by atoms with E-state index >= 15 is 0 Å². The fourth-order valence-corrected chi connectivity index (χ4v) is 3.42. The Labute approximate surface area is 111 Å². The molecule has 0 amide bonds. The Kier molecular flexibility index (Phi) is 2.49. The fraction of sp³-hybridized carbons (Fsp3) is 0.333. The lowest BCUT2D eigenvalue weighted by Gasteiger charge is -2.39. The molecule has 1 atom stereocenters. The molecular formula is C15H17NOS. The van der Waals surface area contributed by atoms with Crippen LogP contribution >= 0.6 is 11.8 Å². The fourth-order valence-electron chi connectivity index (χ4n) is 2.37. The van der Waals surface area contributed by atoms with Gasteiger partial charge in [-0.05, 0) is 17.5 Å². The Hall–Kier alpha value is -1.35. The zero-order chi connectivity index (χ0) is 12.8. The third kappa shape index (κ3) is 1.57. The lowest BCUT2D eigenvalue weighted by Crippen LogP contribution is -2.44. The van der Waals surface area contributed by atoms with Gasteiger partial charge in [-0.3, -0.25) is 0 Å². The second kappa shape index (κ2) is 3.82. The highest BCUT2D eigenvalue weighted by Gasteiger charge is 2.47. The molecule has 1 aliphatic heterocycles. The van der Waals surface area contributed by atoms with Crippen LogP contribution in [-0.2, 0) is 4.87 Å². The van der Waals surface area contributed by atoms with Gasteiger partial charge in [0.2, 0.25) is 0 Å². The van der Waals surface area contributed by atoms with E-state index in [9.17, 15) is 0 Å². The molecule has 0 bridgehead atoms. The molecule has 1 aromatic heterocycles. The van der Waals surface area contributed by atoms with Gasteiger partial charge in [-0.15, -0.1) is 0 Å². The van der Waals surface area contributed by atoms with Crippen LogP contribution in [0.3, 0.4) is 0 Å². The van der Waals surface area contributed by atoms with Crippen molar-refractivity contribution in [3.05, 3.63) is 47.7 Å². The van der Waals surface area contributed by atoms with E-state index in [1.165, 1.54) is 0 Å². The number of hydrogen-bond donors (Lipinski definition) is 1. The van der Waals surface area contributed by atoms with Gasteiger partial charge in [0.1, 0.15) is 11.3 Å². The van der Waals surface area contributed by atoms with Gasteiger partial charge in [0, 0.05) is 17.0 Å². The summed E-state index contributed by atoms with van der Waals surface area (Å²) in [6.45, 7) is 6.69. The second-order valence-electron chi connectivity index (χ2n) is 5.64. The minimum atomic E-state index is -0.216. The average molecular weight is 259 g/mol. The molecule has 0 spiro atoms. The Morgan fingerprint density at radius 1 is 1.22 bits per heavy atom. The number of furan rings is 1. The highest BCUT2D eigenvalue weighted by atomic mass is 32.2. The molecule has 2 aromatic rings. The van der Waals surface area contributed by atoms with Crippen LogP contribution in [0, 0.1) is 5.41 Å². The maximum absolute atomic E-state index is 6.06. The predicted octanol–water partition coefficient (Wildman–Crippen LogP) is 4.44. The zero-order valence-electron chi connectivity index (χ0n) is 10.9. The number of hydrogen-bond acceptors (Lipinski definition) is 3. The number of rotatable bonds is 1. The van der Waals surface area contributed by atoms with Crippen molar-refractivity contribution in [3.8, 4) is 0 Å². The third-order valence-electron chi connectivity index (χ3n) is 3.43. The van der Waals surface area contributed by atoms with Crippen LogP contribution in [0.15, 0.2) is 46.4 Å². The highest BCUT2D eigenvalue weighted by Crippen LogP contribution is 2.51. The SMILES string of the molecule is CC(C)(C)C1(c2cc3ccccc3o2)NC=CS1. The molecule has 1 aromatic carbocycles. The van der Waals surface area contributed by atoms with Crippen molar-refractivity contribution in [2.45, 2.75) is 25.6 Å². The summed E-state index contributed by atoms with van der Waals surface area (Å²) in [4.78, 5) is -0.216. The van der Waals surface area contributed by atoms with Gasteiger partial charge < -0.3 is 9.73 Å². The van der Waals surface area contributed by atoms with Crippen molar-refractivity contribution in [2.24, 2.45) is 5.41 Å². The van der Waals surface area contributed by atoms with Crippen LogP contribution in [0.4, 0.5) is 0 Å². The van der Waals surface area contributed by atoms with Crippen LogP contribution in [-0.4, -0.2) is 0 Å². The van der Waals surface area contributed by atoms with Gasteiger partial charge in [-0.2, -0.15) is 0 Å². The number of nitrogens with one attached hydrogen (secondary N) is 1. The van der Waals surface area contributed by atoms with Gasteiger partial charge >= 0.3 is 0 Å². The molecule has 0 aliphatic carbocycles. The van der Waals surface area contributed by atoms with E-state index in [2.05, 4.69) is 43.6 Å². The molecule has 2 heterocycles. The van der Waals surface area contributed by atoms with Gasteiger partial charge in [0.15, 0.2) is 4.87 Å². The van der Waals surface area contributed by atoms with Crippen LogP contribution in [0.25, 0.3) is 11.0 Å². The summed E-state index contributed by atoms with van der Waals surface area (Å²) in [6.07, 6.45) is 2.00. The standard InChI is InChI=1S/C15H17NOS/c1-14(2,3)15(16-8-9-18-15)13-10-11-6-4-5-7-12(11)17-13/h4-10,16H,1-3H3. The first-order chi connectivity index (χ1) is 8.53. The summed E-state index contributed by atoms with van der Waals surface area (Å²) in [5, 5.41) is 6.73. The van der Waals surface area contributed by atoms with E-state index in [1.54, 1.807) is 11.8 Å². The molecule has 18 heavy (non-hydrogen) atoms. The van der Waals surface area contributed by atoms with Crippen molar-refractivity contribution >= 4 is 22.7 Å². The largest absolute Gasteiger partial charge is 0.458 e. The normalized spacial score (nSPS) is 23.5. The maximum Gasteiger partial charge on any atom is 0.151 e. The van der Waals surface area contributed by atoms with Crippen molar-refractivity contribution in [1.82, 2.24) is 5.32 Å². The van der Waals surface area contributed by atoms with E-state index in [1.807, 2.05) is 24.4 Å². The molecule has 2 nitrogen and oxygen atoms in total. The van der Waals surface area contributed by atoms with Crippen molar-refractivity contribution in [2.75, 3.05) is 0 Å². The molecule has 0 radical (unpaired) electrons. The number of fused-ring (bicyclic) bond motifs is 1. The Balaban J connectivity index is 2.16. The second-order valence-corrected chi connectivity index (χ2v) is 6.76. The first kappa shape index (κ1) is 11.7. The zero-order valence-corrected chi connectivity index (χ0v) is 11.7. The molecule has 1 unspecified atom stereocenters. The summed E-state index contributed by atoms with van der Waals surface area (Å²) in [7, 11) is 0. The van der Waals surface area contributed by atoms with Crippen molar-refractivity contribution in [1.29, 1.82) is 0 Å². The van der Waals surface area contributed by atoms with Crippen molar-refractivity contribution < 1.29 is 4.42 Å². The molecule has 1 N–H and O–H groups in total. The van der Waals surface area contributed by atoms with Crippen LogP contribution in [0.5, 0.6) is 0 Å². The summed E-state index contributed by atoms with van der Waals surface area (Å²) < 4.78 is 6.06. The van der Waals surface area contributed by atoms with Crippen LogP contribution in [0.1, 0.15) is 26.5 Å². The summed E-state index contributed by atoms with van der Waals surface area (Å²) in [6, 6.07) is 10.3. The van der Waals surface area contributed by atoms with E-state index in [0.29, 0.717) is 0 Å². The lowest BCUT2D eigenvalue weighted by molar-refractivity contribution is 0.228. The smallest absolute Gasteiger partial charge is 0.151 e. The van der Waals surface area contributed by atoms with Gasteiger partial charge in [-0.1, -0.05) is 50.7 Å². The number of para-hydroxylation sites is 1. The van der Waals surface area contributed by atoms with E-state index in [-0.39, 0.29) is 10.3 Å². The number of thioether (sulfide) groups is 1. The Morgan fingerprint density at radius 2 is 2.00 bits per heavy atom. The average Bonchev–Trinajstić information content (AvgIpc) is 2.95. The van der Waals surface area contributed by atoms with Gasteiger partial charge in [-0.25, -0.2) is 0 Å². The summed E-state index contributed by atoms with van der Waals surface area (Å²) in [5.74, 6) is 0.992. The Bertz CT molecular complexity index is 565. The molecule has 3 heteroatoms. The molecule has 3 rings (SSSR count). The summed E-state index contributed by atoms with van der Waals surface area (Å²) >= 11 is 1.78. The molecule has 0 saturated heterocycles. The molecule has 1 aliphatic rings. The van der Waals surface area contributed by atoms with Crippen LogP contribution in [0.2, 0.25) is 0 Å². The maximum atomic E-state index is 6.06. The monoisotopic (exact) mass is 259 g/mol. The van der Waals surface area contributed by atoms with Gasteiger partial charge in [0.05, 0.1) is 0 Å². The topological polar surface area (TPSA) is 25.2 Å². The highest BCUT2D eigenvalue weighted by molar-refractivity contribution is 8.03. The van der Waals surface area contributed by atoms with E-state index in [4.69, 9.17) is 4.42 Å². The molecular weight excluding hydrogens is 242 g/mol. The molecule has 94 valence electrons. The minimum absolute atomic E-state index is 0.0506. The van der Waals surface area contributed by atoms with Crippen LogP contribution < -0.4 is 5.32 Å². The lowest BCUT2D eigenvalue weighted by atomic mass is 9.84. The third-order valence-corrected chi connectivity index (χ3v) is 4.99. The summed E-state index contributed by atoms with van der Waals surface area (Å²) in [5.41, 5.74) is 1.00. The van der Waals surface area contributed by atoms with E-state index < -0.39 is 0 Å². The molecule has 0 fully saturated rings. The van der Waals surface area contributed by atoms with E-state index in [0.717, 1.165) is 16.7 Å². The Morgan fingerprint density at radius 3 is 2.61 bits per heavy atom. The number of benzene rings is 1. The van der Waals surface area contributed by atoms with Gasteiger partial charge in [0.25, 0.3) is 0 Å². The predicted molar refractivity (Wildman–Crippen MR) is 77.2 cm³/mol. The first-order valence-electron chi connectivity index (χ1n) is 6.12. The minimum Gasteiger partial charge on any atom is -0.458 e.